The lowest BCUT2D eigenvalue weighted by Gasteiger charge is -1.96. The van der Waals surface area contributed by atoms with Gasteiger partial charge in [0.25, 0.3) is 0 Å². The zero-order chi connectivity index (χ0) is 16.5. The Kier molecular flexibility index (Phi) is 5.58. The normalized spacial score (nSPS) is 11.7. The highest BCUT2D eigenvalue weighted by Crippen LogP contribution is 2.11. The third-order valence-corrected chi connectivity index (χ3v) is 3.69. The fourth-order valence-electron chi connectivity index (χ4n) is 2.37. The highest BCUT2D eigenvalue weighted by Gasteiger charge is 1.89. The van der Waals surface area contributed by atoms with Gasteiger partial charge >= 0.3 is 0 Å². The minimum Gasteiger partial charge on any atom is -0.0622 e. The second kappa shape index (κ2) is 8.50. The van der Waals surface area contributed by atoms with Gasteiger partial charge in [-0.2, -0.15) is 0 Å². The quantitative estimate of drug-likeness (QED) is 0.369. The van der Waals surface area contributed by atoms with Crippen LogP contribution in [0.5, 0.6) is 0 Å². The van der Waals surface area contributed by atoms with Gasteiger partial charge in [-0.15, -0.1) is 0 Å². The molecule has 0 aliphatic carbocycles. The summed E-state index contributed by atoms with van der Waals surface area (Å²) in [6.45, 7) is 0. The molecule has 0 amide bonds. The molecule has 0 heteroatoms. The largest absolute Gasteiger partial charge is 0.0622 e. The van der Waals surface area contributed by atoms with Gasteiger partial charge in [-0.05, 0) is 22.3 Å². The van der Waals surface area contributed by atoms with Gasteiger partial charge in [-0.3, -0.25) is 0 Å². The zero-order valence-electron chi connectivity index (χ0n) is 13.5. The number of benzene rings is 3. The van der Waals surface area contributed by atoms with Gasteiger partial charge in [0.05, 0.1) is 0 Å². The van der Waals surface area contributed by atoms with E-state index in [-0.39, 0.29) is 0 Å². The zero-order valence-corrected chi connectivity index (χ0v) is 13.5. The van der Waals surface area contributed by atoms with Crippen LogP contribution in [0.2, 0.25) is 0 Å². The average molecular weight is 308 g/mol. The van der Waals surface area contributed by atoms with E-state index in [2.05, 4.69) is 97.1 Å². The van der Waals surface area contributed by atoms with Crippen LogP contribution in [0.3, 0.4) is 0 Å². The van der Waals surface area contributed by atoms with Gasteiger partial charge in [0.1, 0.15) is 0 Å². The Morgan fingerprint density at radius 3 is 1.12 bits per heavy atom. The first-order valence-corrected chi connectivity index (χ1v) is 8.13. The lowest BCUT2D eigenvalue weighted by molar-refractivity contribution is 1.62. The van der Waals surface area contributed by atoms with Crippen molar-refractivity contribution < 1.29 is 0 Å². The maximum atomic E-state index is 2.14. The lowest BCUT2D eigenvalue weighted by atomic mass is 10.1. The second-order valence-corrected chi connectivity index (χ2v) is 5.54. The predicted octanol–water partition coefficient (Wildman–Crippen LogP) is 6.58. The molecule has 0 atom stereocenters. The number of hydrogen-bond donors (Lipinski definition) is 0. The van der Waals surface area contributed by atoms with E-state index in [4.69, 9.17) is 0 Å². The molecule has 0 unspecified atom stereocenters. The molecule has 0 aromatic heterocycles. The molecule has 0 saturated carbocycles. The Bertz CT molecular complexity index is 820. The Balaban J connectivity index is 1.59. The monoisotopic (exact) mass is 308 g/mol. The standard InChI is InChI=1S/C24H20/c1-3-9-21(10-4-1)13-7-8-14-23-16-19-24(20-17-23)18-15-22-11-5-2-6-12-22/h1-20H/b13-7+,14-8+,18-15+. The Morgan fingerprint density at radius 2 is 0.667 bits per heavy atom. The summed E-state index contributed by atoms with van der Waals surface area (Å²) in [7, 11) is 0. The Morgan fingerprint density at radius 1 is 0.333 bits per heavy atom. The van der Waals surface area contributed by atoms with Crippen molar-refractivity contribution in [2.45, 2.75) is 0 Å². The van der Waals surface area contributed by atoms with E-state index in [0.717, 1.165) is 0 Å². The van der Waals surface area contributed by atoms with E-state index in [1.807, 2.05) is 24.3 Å². The van der Waals surface area contributed by atoms with Crippen LogP contribution in [0, 0.1) is 0 Å². The molecule has 0 fully saturated rings. The van der Waals surface area contributed by atoms with E-state index < -0.39 is 0 Å². The van der Waals surface area contributed by atoms with Crippen LogP contribution >= 0.6 is 0 Å². The molecule has 0 N–H and O–H groups in total. The molecule has 0 aliphatic rings. The molecule has 3 aromatic carbocycles. The molecule has 0 aliphatic heterocycles. The summed E-state index contributed by atoms with van der Waals surface area (Å²) in [6.07, 6.45) is 12.6. The molecule has 3 aromatic rings. The third kappa shape index (κ3) is 4.96. The van der Waals surface area contributed by atoms with Gasteiger partial charge < -0.3 is 0 Å². The van der Waals surface area contributed by atoms with E-state index in [1.165, 1.54) is 22.3 Å². The van der Waals surface area contributed by atoms with Crippen LogP contribution < -0.4 is 0 Å². The van der Waals surface area contributed by atoms with Crippen molar-refractivity contribution in [2.24, 2.45) is 0 Å². The summed E-state index contributed by atoms with van der Waals surface area (Å²) in [4.78, 5) is 0. The van der Waals surface area contributed by atoms with E-state index >= 15 is 0 Å². The van der Waals surface area contributed by atoms with Crippen molar-refractivity contribution in [1.29, 1.82) is 0 Å². The van der Waals surface area contributed by atoms with Crippen molar-refractivity contribution >= 4 is 24.3 Å². The summed E-state index contributed by atoms with van der Waals surface area (Å²) in [5, 5.41) is 0. The molecular weight excluding hydrogens is 288 g/mol. The molecule has 0 heterocycles. The molecule has 0 nitrogen and oxygen atoms in total. The summed E-state index contributed by atoms with van der Waals surface area (Å²) in [6, 6.07) is 29.2. The summed E-state index contributed by atoms with van der Waals surface area (Å²) >= 11 is 0. The van der Waals surface area contributed by atoms with E-state index in [1.54, 1.807) is 0 Å². The highest BCUT2D eigenvalue weighted by molar-refractivity contribution is 5.70. The van der Waals surface area contributed by atoms with Crippen LogP contribution in [-0.4, -0.2) is 0 Å². The fourth-order valence-corrected chi connectivity index (χ4v) is 2.37. The Hall–Kier alpha value is -3.12. The lowest BCUT2D eigenvalue weighted by Crippen LogP contribution is -1.75. The number of hydrogen-bond acceptors (Lipinski definition) is 0. The van der Waals surface area contributed by atoms with E-state index in [0.29, 0.717) is 0 Å². The van der Waals surface area contributed by atoms with Gasteiger partial charge in [0.2, 0.25) is 0 Å². The van der Waals surface area contributed by atoms with Crippen molar-refractivity contribution in [3.05, 3.63) is 119 Å². The van der Waals surface area contributed by atoms with Crippen LogP contribution in [0.25, 0.3) is 24.3 Å². The van der Waals surface area contributed by atoms with Gasteiger partial charge in [-0.25, -0.2) is 0 Å². The summed E-state index contributed by atoms with van der Waals surface area (Å²) in [5.41, 5.74) is 4.83. The third-order valence-electron chi connectivity index (χ3n) is 3.69. The van der Waals surface area contributed by atoms with Crippen molar-refractivity contribution in [3.63, 3.8) is 0 Å². The van der Waals surface area contributed by atoms with Gasteiger partial charge in [0.15, 0.2) is 0 Å². The van der Waals surface area contributed by atoms with Crippen LogP contribution in [0.1, 0.15) is 22.3 Å². The summed E-state index contributed by atoms with van der Waals surface area (Å²) < 4.78 is 0. The number of rotatable bonds is 5. The molecule has 24 heavy (non-hydrogen) atoms. The fraction of sp³-hybridized carbons (Fsp3) is 0. The Labute approximate surface area is 144 Å². The SMILES string of the molecule is C(/C=C/c1ccc(/C=C/c2ccccc2)cc1)=C\c1ccccc1. The predicted molar refractivity (Wildman–Crippen MR) is 106 cm³/mol. The minimum absolute atomic E-state index is 1.20. The smallest absolute Gasteiger partial charge is 0.0256 e. The maximum absolute atomic E-state index is 2.14. The van der Waals surface area contributed by atoms with Crippen molar-refractivity contribution in [2.75, 3.05) is 0 Å². The molecular formula is C24H20. The number of allylic oxidation sites excluding steroid dienone is 2. The van der Waals surface area contributed by atoms with Crippen LogP contribution in [-0.2, 0) is 0 Å². The van der Waals surface area contributed by atoms with Gasteiger partial charge in [0, 0.05) is 0 Å². The molecule has 3 rings (SSSR count). The first-order chi connectivity index (χ1) is 11.9. The average Bonchev–Trinajstić information content (AvgIpc) is 2.66. The highest BCUT2D eigenvalue weighted by atomic mass is 13.9. The molecule has 0 spiro atoms. The van der Waals surface area contributed by atoms with Crippen LogP contribution in [0.15, 0.2) is 97.1 Å². The molecule has 0 saturated heterocycles. The van der Waals surface area contributed by atoms with Crippen LogP contribution in [0.4, 0.5) is 0 Å². The topological polar surface area (TPSA) is 0 Å². The van der Waals surface area contributed by atoms with E-state index in [9.17, 15) is 0 Å². The van der Waals surface area contributed by atoms with Crippen molar-refractivity contribution in [3.8, 4) is 0 Å². The van der Waals surface area contributed by atoms with Gasteiger partial charge in [-0.1, -0.05) is 121 Å². The first-order valence-electron chi connectivity index (χ1n) is 8.13. The first kappa shape index (κ1) is 15.8. The molecule has 0 bridgehead atoms. The maximum Gasteiger partial charge on any atom is -0.0256 e. The molecule has 116 valence electrons. The minimum atomic E-state index is 1.20. The molecule has 0 radical (unpaired) electrons. The van der Waals surface area contributed by atoms with Crippen molar-refractivity contribution in [1.82, 2.24) is 0 Å². The summed E-state index contributed by atoms with van der Waals surface area (Å²) in [5.74, 6) is 0. The second-order valence-electron chi connectivity index (χ2n) is 5.54.